The minimum Gasteiger partial charge on any atom is -0.235 e. The van der Waals surface area contributed by atoms with E-state index in [2.05, 4.69) is 47.9 Å². The highest BCUT2D eigenvalue weighted by Gasteiger charge is 2.29. The smallest absolute Gasteiger partial charge is 0.147 e. The average Bonchev–Trinajstić information content (AvgIpc) is 3.26. The molecule has 0 aliphatic heterocycles. The van der Waals surface area contributed by atoms with Gasteiger partial charge in [-0.3, -0.25) is 0 Å². The van der Waals surface area contributed by atoms with Crippen LogP contribution < -0.4 is 0 Å². The third-order valence-electron chi connectivity index (χ3n) is 3.04. The number of hydrogen-bond donors (Lipinski definition) is 0. The predicted molar refractivity (Wildman–Crippen MR) is 90.4 cm³/mol. The summed E-state index contributed by atoms with van der Waals surface area (Å²) in [5, 5.41) is 0.518. The summed E-state index contributed by atoms with van der Waals surface area (Å²) in [6.07, 6.45) is 2.39. The minimum atomic E-state index is 0.518. The van der Waals surface area contributed by atoms with E-state index in [1.807, 2.05) is 18.2 Å². The van der Waals surface area contributed by atoms with Crippen molar-refractivity contribution in [2.75, 3.05) is 0 Å². The lowest BCUT2D eigenvalue weighted by molar-refractivity contribution is 0.920. The summed E-state index contributed by atoms with van der Waals surface area (Å²) >= 11 is 14.9. The number of thioether (sulfide) groups is 1. The number of nitrogens with zero attached hydrogens (tertiary/aromatic N) is 2. The Labute approximate surface area is 144 Å². The van der Waals surface area contributed by atoms with E-state index in [-0.39, 0.29) is 0 Å². The third-order valence-corrected chi connectivity index (χ3v) is 6.35. The van der Waals surface area contributed by atoms with Gasteiger partial charge < -0.3 is 0 Å². The molecule has 0 bridgehead atoms. The van der Waals surface area contributed by atoms with Crippen LogP contribution in [0.4, 0.5) is 0 Å². The van der Waals surface area contributed by atoms with Crippen molar-refractivity contribution in [3.8, 4) is 0 Å². The maximum absolute atomic E-state index is 6.19. The molecule has 1 aromatic carbocycles. The highest BCUT2D eigenvalue weighted by molar-refractivity contribution is 9.10. The largest absolute Gasteiger partial charge is 0.235 e. The van der Waals surface area contributed by atoms with Gasteiger partial charge in [0, 0.05) is 15.3 Å². The zero-order valence-electron chi connectivity index (χ0n) is 10.4. The fourth-order valence-electron chi connectivity index (χ4n) is 1.88. The van der Waals surface area contributed by atoms with Crippen LogP contribution in [0.1, 0.15) is 30.3 Å². The lowest BCUT2D eigenvalue weighted by Crippen LogP contribution is -1.99. The second-order valence-electron chi connectivity index (χ2n) is 4.62. The Balaban J connectivity index is 1.79. The van der Waals surface area contributed by atoms with Gasteiger partial charge in [0.1, 0.15) is 11.0 Å². The molecule has 20 heavy (non-hydrogen) atoms. The van der Waals surface area contributed by atoms with Crippen molar-refractivity contribution in [3.05, 3.63) is 49.9 Å². The van der Waals surface area contributed by atoms with E-state index in [0.29, 0.717) is 11.1 Å². The van der Waals surface area contributed by atoms with E-state index in [1.54, 1.807) is 11.8 Å². The van der Waals surface area contributed by atoms with Crippen LogP contribution in [0.3, 0.4) is 0 Å². The quantitative estimate of drug-likeness (QED) is 0.448. The van der Waals surface area contributed by atoms with E-state index in [0.717, 1.165) is 26.2 Å². The number of benzene rings is 1. The van der Waals surface area contributed by atoms with E-state index < -0.39 is 0 Å². The van der Waals surface area contributed by atoms with Crippen molar-refractivity contribution in [3.63, 3.8) is 0 Å². The van der Waals surface area contributed by atoms with E-state index in [4.69, 9.17) is 11.6 Å². The molecule has 0 amide bonds. The Morgan fingerprint density at radius 1 is 1.20 bits per heavy atom. The first-order chi connectivity index (χ1) is 9.65. The predicted octanol–water partition coefficient (Wildman–Crippen LogP) is 5.82. The molecular weight excluding hydrogens is 423 g/mol. The van der Waals surface area contributed by atoms with E-state index in [9.17, 15) is 0 Å². The van der Waals surface area contributed by atoms with E-state index in [1.165, 1.54) is 17.7 Å². The zero-order valence-corrected chi connectivity index (χ0v) is 15.2. The van der Waals surface area contributed by atoms with Gasteiger partial charge in [-0.15, -0.1) is 11.8 Å². The summed E-state index contributed by atoms with van der Waals surface area (Å²) in [5.74, 6) is 2.06. The monoisotopic (exact) mass is 432 g/mol. The van der Waals surface area contributed by atoms with Crippen molar-refractivity contribution in [2.24, 2.45) is 0 Å². The van der Waals surface area contributed by atoms with E-state index >= 15 is 0 Å². The second-order valence-corrected chi connectivity index (χ2v) is 7.65. The topological polar surface area (TPSA) is 25.8 Å². The number of aromatic nitrogens is 2. The molecule has 0 N–H and O–H groups in total. The van der Waals surface area contributed by atoms with Crippen molar-refractivity contribution < 1.29 is 0 Å². The van der Waals surface area contributed by atoms with Crippen LogP contribution in [0.25, 0.3) is 0 Å². The average molecular weight is 435 g/mol. The molecule has 0 unspecified atom stereocenters. The molecule has 1 saturated carbocycles. The van der Waals surface area contributed by atoms with Crippen LogP contribution in [0.15, 0.2) is 38.1 Å². The van der Waals surface area contributed by atoms with Crippen LogP contribution in [0, 0.1) is 0 Å². The molecule has 1 aliphatic rings. The van der Waals surface area contributed by atoms with Gasteiger partial charge in [0.25, 0.3) is 0 Å². The molecule has 0 saturated heterocycles. The number of rotatable bonds is 4. The molecule has 1 heterocycles. The normalized spacial score (nSPS) is 14.6. The molecule has 2 aromatic rings. The van der Waals surface area contributed by atoms with Gasteiger partial charge in [-0.25, -0.2) is 9.97 Å². The summed E-state index contributed by atoms with van der Waals surface area (Å²) in [6.45, 7) is 0. The van der Waals surface area contributed by atoms with Crippen LogP contribution in [0.2, 0.25) is 5.15 Å². The SMILES string of the molecule is Clc1nc(CSc2ccccc2Br)nc(C2CC2)c1Br. The Morgan fingerprint density at radius 3 is 2.65 bits per heavy atom. The molecule has 1 aliphatic carbocycles. The van der Waals surface area contributed by atoms with Crippen LogP contribution >= 0.6 is 55.2 Å². The Bertz CT molecular complexity index is 647. The second kappa shape index (κ2) is 6.34. The molecule has 0 spiro atoms. The van der Waals surface area contributed by atoms with Crippen molar-refractivity contribution in [1.82, 2.24) is 9.97 Å². The van der Waals surface area contributed by atoms with Crippen LogP contribution in [-0.2, 0) is 5.75 Å². The fraction of sp³-hybridized carbons (Fsp3) is 0.286. The molecule has 0 atom stereocenters. The van der Waals surface area contributed by atoms with Gasteiger partial charge >= 0.3 is 0 Å². The highest BCUT2D eigenvalue weighted by Crippen LogP contribution is 2.44. The van der Waals surface area contributed by atoms with Gasteiger partial charge in [0.15, 0.2) is 0 Å². The summed E-state index contributed by atoms with van der Waals surface area (Å²) in [5.41, 5.74) is 1.06. The molecule has 1 aromatic heterocycles. The Morgan fingerprint density at radius 2 is 1.95 bits per heavy atom. The summed E-state index contributed by atoms with van der Waals surface area (Å²) in [6, 6.07) is 8.15. The lowest BCUT2D eigenvalue weighted by Gasteiger charge is -2.08. The summed E-state index contributed by atoms with van der Waals surface area (Å²) < 4.78 is 1.95. The molecule has 0 radical (unpaired) electrons. The number of halogens is 3. The van der Waals surface area contributed by atoms with Crippen LogP contribution in [0.5, 0.6) is 0 Å². The van der Waals surface area contributed by atoms with Crippen LogP contribution in [-0.4, -0.2) is 9.97 Å². The third kappa shape index (κ3) is 3.38. The van der Waals surface area contributed by atoms with Crippen molar-refractivity contribution in [1.29, 1.82) is 0 Å². The summed E-state index contributed by atoms with van der Waals surface area (Å²) in [4.78, 5) is 10.2. The minimum absolute atomic E-state index is 0.518. The highest BCUT2D eigenvalue weighted by atomic mass is 79.9. The number of hydrogen-bond acceptors (Lipinski definition) is 3. The molecule has 6 heteroatoms. The van der Waals surface area contributed by atoms with Gasteiger partial charge in [0.2, 0.25) is 0 Å². The molecule has 1 fully saturated rings. The van der Waals surface area contributed by atoms with Gasteiger partial charge in [-0.2, -0.15) is 0 Å². The van der Waals surface area contributed by atoms with Gasteiger partial charge in [-0.1, -0.05) is 23.7 Å². The lowest BCUT2D eigenvalue weighted by atomic mass is 10.3. The van der Waals surface area contributed by atoms with Crippen molar-refractivity contribution in [2.45, 2.75) is 29.4 Å². The Kier molecular flexibility index (Phi) is 4.70. The summed E-state index contributed by atoms with van der Waals surface area (Å²) in [7, 11) is 0. The maximum Gasteiger partial charge on any atom is 0.147 e. The first-order valence-electron chi connectivity index (χ1n) is 6.24. The van der Waals surface area contributed by atoms with Crippen molar-refractivity contribution >= 4 is 55.2 Å². The maximum atomic E-state index is 6.19. The van der Waals surface area contributed by atoms with Gasteiger partial charge in [-0.05, 0) is 56.8 Å². The Hall–Kier alpha value is -0.100. The zero-order chi connectivity index (χ0) is 14.1. The molecule has 104 valence electrons. The molecule has 2 nitrogen and oxygen atoms in total. The first-order valence-corrected chi connectivity index (χ1v) is 9.19. The standard InChI is InChI=1S/C14H11Br2ClN2S/c15-9-3-1-2-4-10(9)20-7-11-18-13(8-5-6-8)12(16)14(17)19-11/h1-4,8H,5-7H2. The molecular formula is C14H11Br2ClN2S. The molecule has 3 rings (SSSR count). The first kappa shape index (κ1) is 14.8. The fourth-order valence-corrected chi connectivity index (χ4v) is 4.00. The van der Waals surface area contributed by atoms with Gasteiger partial charge in [0.05, 0.1) is 15.9 Å².